The molecule has 0 amide bonds. The molecule has 0 aliphatic rings. The van der Waals surface area contributed by atoms with Crippen LogP contribution in [0.2, 0.25) is 0 Å². The van der Waals surface area contributed by atoms with Crippen molar-refractivity contribution in [1.29, 1.82) is 0 Å². The van der Waals surface area contributed by atoms with Crippen LogP contribution in [0.4, 0.5) is 0 Å². The molecule has 0 saturated carbocycles. The third-order valence-electron chi connectivity index (χ3n) is 4.69. The number of nitrogens with zero attached hydrogens (tertiary/aromatic N) is 1. The summed E-state index contributed by atoms with van der Waals surface area (Å²) >= 11 is 0.492. The first-order valence-electron chi connectivity index (χ1n) is 9.87. The molecule has 0 bridgehead atoms. The van der Waals surface area contributed by atoms with Crippen LogP contribution < -0.4 is 8.86 Å². The molecule has 10 heteroatoms. The Hall–Kier alpha value is -2.63. The van der Waals surface area contributed by atoms with Crippen molar-refractivity contribution in [2.75, 3.05) is 7.11 Å². The summed E-state index contributed by atoms with van der Waals surface area (Å²) in [5, 5.41) is 0. The van der Waals surface area contributed by atoms with E-state index < -0.39 is 26.1 Å². The molecule has 3 aromatic carbocycles. The minimum atomic E-state index is -4.09. The first-order chi connectivity index (χ1) is 15.8. The molecule has 0 fully saturated rings. The predicted molar refractivity (Wildman–Crippen MR) is 131 cm³/mol. The fraction of sp³-hybridized carbons (Fsp3) is 0.130. The van der Waals surface area contributed by atoms with Crippen molar-refractivity contribution in [3.63, 3.8) is 0 Å². The van der Waals surface area contributed by atoms with Crippen molar-refractivity contribution in [2.24, 2.45) is 0 Å². The Balaban J connectivity index is 1.96. The largest absolute Gasteiger partial charge is 0.497 e. The summed E-state index contributed by atoms with van der Waals surface area (Å²) in [5.41, 5.74) is 0.805. The zero-order valence-electron chi connectivity index (χ0n) is 17.9. The molecule has 1 N–H and O–H groups in total. The van der Waals surface area contributed by atoms with Crippen molar-refractivity contribution in [3.05, 3.63) is 103 Å². The Labute approximate surface area is 199 Å². The lowest BCUT2D eigenvalue weighted by Gasteiger charge is -2.27. The van der Waals surface area contributed by atoms with E-state index in [1.165, 1.54) is 30.3 Å². The molecule has 7 nitrogen and oxygen atoms in total. The lowest BCUT2D eigenvalue weighted by Crippen LogP contribution is -2.38. The van der Waals surface area contributed by atoms with Gasteiger partial charge in [-0.3, -0.25) is 0 Å². The van der Waals surface area contributed by atoms with Crippen LogP contribution >= 0.6 is 12.1 Å². The maximum absolute atomic E-state index is 13.5. The van der Waals surface area contributed by atoms with E-state index in [1.807, 2.05) is 6.07 Å². The van der Waals surface area contributed by atoms with E-state index in [1.54, 1.807) is 61.7 Å². The number of ether oxygens (including phenoxy) is 1. The van der Waals surface area contributed by atoms with Gasteiger partial charge in [0.2, 0.25) is 0 Å². The molecule has 3 aromatic rings. The number of benzene rings is 3. The van der Waals surface area contributed by atoms with Gasteiger partial charge in [0, 0.05) is 12.1 Å². The fourth-order valence-corrected chi connectivity index (χ4v) is 7.04. The molecule has 0 saturated heterocycles. The average molecular weight is 505 g/mol. The van der Waals surface area contributed by atoms with Gasteiger partial charge in [0.1, 0.15) is 5.75 Å². The predicted octanol–water partition coefficient (Wildman–Crippen LogP) is 4.02. The highest BCUT2D eigenvalue weighted by Gasteiger charge is 2.33. The summed E-state index contributed by atoms with van der Waals surface area (Å²) in [6.07, 6.45) is 1.73. The second kappa shape index (κ2) is 11.0. The van der Waals surface area contributed by atoms with Gasteiger partial charge in [0.15, 0.2) is 0 Å². The summed E-state index contributed by atoms with van der Waals surface area (Å²) in [4.78, 5) is 0.0615. The molecule has 3 rings (SSSR count). The number of nitrogens with one attached hydrogen (secondary N) is 1. The van der Waals surface area contributed by atoms with Gasteiger partial charge in [-0.25, -0.2) is 16.8 Å². The highest BCUT2D eigenvalue weighted by molar-refractivity contribution is 8.13. The van der Waals surface area contributed by atoms with Crippen molar-refractivity contribution in [3.8, 4) is 5.75 Å². The minimum absolute atomic E-state index is 0.0255. The molecule has 174 valence electrons. The first-order valence-corrected chi connectivity index (χ1v) is 13.6. The highest BCUT2D eigenvalue weighted by Crippen LogP contribution is 2.28. The number of hydrogen-bond acceptors (Lipinski definition) is 6. The van der Waals surface area contributed by atoms with Crippen LogP contribution in [0.3, 0.4) is 0 Å². The average Bonchev–Trinajstić information content (AvgIpc) is 2.84. The zero-order valence-corrected chi connectivity index (χ0v) is 20.3. The van der Waals surface area contributed by atoms with E-state index in [-0.39, 0.29) is 16.2 Å². The standard InChI is InChI=1S/C23H24N2O5S3/c1-3-20(17-19-11-10-12-21(18-19)30-2)25(33(28,29)23-15-8-5-9-16-23)31-24-32(26,27)22-13-6-4-7-14-22/h3-16,18,20,24H,1,17H2,2H3/t20-/m1/s1. The topological polar surface area (TPSA) is 92.8 Å². The molecular weight excluding hydrogens is 480 g/mol. The number of methoxy groups -OCH3 is 1. The Morgan fingerprint density at radius 3 is 2.12 bits per heavy atom. The Bertz CT molecular complexity index is 1280. The van der Waals surface area contributed by atoms with E-state index in [2.05, 4.69) is 10.7 Å². The summed E-state index contributed by atoms with van der Waals surface area (Å²) in [6, 6.07) is 22.0. The molecule has 0 aliphatic heterocycles. The maximum Gasteiger partial charge on any atom is 0.253 e. The zero-order chi connectivity index (χ0) is 23.9. The van der Waals surface area contributed by atoms with Gasteiger partial charge < -0.3 is 4.74 Å². The first kappa shape index (κ1) is 25.0. The van der Waals surface area contributed by atoms with Crippen LogP contribution in [0, 0.1) is 0 Å². The van der Waals surface area contributed by atoms with Gasteiger partial charge in [-0.1, -0.05) is 54.6 Å². The number of sulfonamides is 2. The van der Waals surface area contributed by atoms with Crippen LogP contribution in [-0.4, -0.2) is 33.7 Å². The van der Waals surface area contributed by atoms with E-state index in [9.17, 15) is 16.8 Å². The van der Waals surface area contributed by atoms with Gasteiger partial charge >= 0.3 is 0 Å². The molecule has 0 aromatic heterocycles. The van der Waals surface area contributed by atoms with Crippen LogP contribution in [-0.2, 0) is 26.5 Å². The molecule has 0 radical (unpaired) electrons. The summed E-state index contributed by atoms with van der Waals surface area (Å²) in [5.74, 6) is 0.630. The lowest BCUT2D eigenvalue weighted by atomic mass is 10.1. The third-order valence-corrected chi connectivity index (χ3v) is 9.63. The summed E-state index contributed by atoms with van der Waals surface area (Å²) < 4.78 is 61.1. The molecule has 0 aliphatic carbocycles. The van der Waals surface area contributed by atoms with Crippen molar-refractivity contribution in [2.45, 2.75) is 22.3 Å². The van der Waals surface area contributed by atoms with E-state index >= 15 is 0 Å². The van der Waals surface area contributed by atoms with Crippen molar-refractivity contribution < 1.29 is 21.6 Å². The summed E-state index contributed by atoms with van der Waals surface area (Å²) in [7, 11) is -6.51. The molecular formula is C23H24N2O5S3. The quantitative estimate of drug-likeness (QED) is 0.313. The molecule has 0 heterocycles. The van der Waals surface area contributed by atoms with E-state index in [4.69, 9.17) is 4.74 Å². The maximum atomic E-state index is 13.5. The normalized spacial score (nSPS) is 12.9. The second-order valence-electron chi connectivity index (χ2n) is 6.92. The van der Waals surface area contributed by atoms with E-state index in [0.717, 1.165) is 9.27 Å². The minimum Gasteiger partial charge on any atom is -0.497 e. The van der Waals surface area contributed by atoms with Gasteiger partial charge in [0.25, 0.3) is 20.0 Å². The van der Waals surface area contributed by atoms with Gasteiger partial charge in [-0.15, -0.1) is 14.4 Å². The monoisotopic (exact) mass is 504 g/mol. The van der Waals surface area contributed by atoms with Crippen molar-refractivity contribution in [1.82, 2.24) is 7.84 Å². The molecule has 0 unspecified atom stereocenters. The van der Waals surface area contributed by atoms with Crippen LogP contribution in [0.15, 0.2) is 107 Å². The molecule has 33 heavy (non-hydrogen) atoms. The van der Waals surface area contributed by atoms with Crippen molar-refractivity contribution >= 4 is 32.2 Å². The van der Waals surface area contributed by atoms with Gasteiger partial charge in [0.05, 0.1) is 22.9 Å². The Kier molecular flexibility index (Phi) is 8.33. The molecule has 0 spiro atoms. The van der Waals surface area contributed by atoms with Gasteiger partial charge in [-0.05, 0) is 48.4 Å². The Morgan fingerprint density at radius 2 is 1.55 bits per heavy atom. The SMILES string of the molecule is C=C[C@H](Cc1cccc(OC)c1)N(SNS(=O)(=O)c1ccccc1)S(=O)(=O)c1ccccc1. The highest BCUT2D eigenvalue weighted by atomic mass is 32.3. The number of rotatable bonds is 11. The number of hydrogen-bond donors (Lipinski definition) is 1. The van der Waals surface area contributed by atoms with E-state index in [0.29, 0.717) is 17.9 Å². The Morgan fingerprint density at radius 1 is 0.939 bits per heavy atom. The fourth-order valence-electron chi connectivity index (χ4n) is 3.01. The lowest BCUT2D eigenvalue weighted by molar-refractivity contribution is 0.414. The second-order valence-corrected chi connectivity index (χ2v) is 11.7. The molecule has 1 atom stereocenters. The van der Waals surface area contributed by atoms with Crippen LogP contribution in [0.25, 0.3) is 0 Å². The smallest absolute Gasteiger partial charge is 0.253 e. The van der Waals surface area contributed by atoms with Gasteiger partial charge in [-0.2, -0.15) is 0 Å². The third kappa shape index (κ3) is 6.24. The van der Waals surface area contributed by atoms with Crippen LogP contribution in [0.1, 0.15) is 5.56 Å². The summed E-state index contributed by atoms with van der Waals surface area (Å²) in [6.45, 7) is 3.80. The van der Waals surface area contributed by atoms with Crippen LogP contribution in [0.5, 0.6) is 5.75 Å².